The maximum absolute atomic E-state index is 12.9. The molecule has 86 heavy (non-hydrogen) atoms. The molecule has 0 saturated heterocycles. The number of phosphoric acid groups is 1. The van der Waals surface area contributed by atoms with E-state index in [1.807, 2.05) is 21.1 Å². The fraction of sp³-hybridized carbons (Fsp3) is 0.816. The van der Waals surface area contributed by atoms with Crippen molar-refractivity contribution in [3.8, 4) is 0 Å². The molecule has 10 heteroatoms. The lowest BCUT2D eigenvalue weighted by molar-refractivity contribution is -0.870. The van der Waals surface area contributed by atoms with Gasteiger partial charge in [0, 0.05) is 12.8 Å². The summed E-state index contributed by atoms with van der Waals surface area (Å²) in [6.07, 6.45) is 90.0. The topological polar surface area (TPSA) is 111 Å². The zero-order valence-corrected chi connectivity index (χ0v) is 58.2. The predicted molar refractivity (Wildman–Crippen MR) is 370 cm³/mol. The van der Waals surface area contributed by atoms with Gasteiger partial charge in [-0.1, -0.05) is 324 Å². The summed E-state index contributed by atoms with van der Waals surface area (Å²) in [5, 5.41) is 0. The van der Waals surface area contributed by atoms with Crippen LogP contribution >= 0.6 is 7.82 Å². The van der Waals surface area contributed by atoms with Crippen molar-refractivity contribution in [3.05, 3.63) is 72.9 Å². The number of allylic oxidation sites excluding steroid dienone is 12. The van der Waals surface area contributed by atoms with Crippen LogP contribution in [-0.4, -0.2) is 70.0 Å². The van der Waals surface area contributed by atoms with E-state index in [-0.39, 0.29) is 32.0 Å². The molecule has 0 N–H and O–H groups in total. The number of carbonyl (C=O) groups excluding carboxylic acids is 2. The third kappa shape index (κ3) is 70.5. The molecule has 0 fully saturated rings. The first-order valence-electron chi connectivity index (χ1n) is 36.6. The Morgan fingerprint density at radius 3 is 1.00 bits per heavy atom. The molecule has 0 aromatic rings. The van der Waals surface area contributed by atoms with E-state index < -0.39 is 26.5 Å². The first-order valence-corrected chi connectivity index (χ1v) is 38.1. The maximum atomic E-state index is 12.9. The van der Waals surface area contributed by atoms with Crippen LogP contribution in [0.2, 0.25) is 0 Å². The highest BCUT2D eigenvalue weighted by molar-refractivity contribution is 7.45. The van der Waals surface area contributed by atoms with Crippen LogP contribution < -0.4 is 4.89 Å². The molecule has 0 aliphatic rings. The van der Waals surface area contributed by atoms with Crippen molar-refractivity contribution in [2.24, 2.45) is 0 Å². The Kier molecular flexibility index (Phi) is 64.9. The fourth-order valence-corrected chi connectivity index (χ4v) is 11.4. The lowest BCUT2D eigenvalue weighted by atomic mass is 10.0. The number of hydrogen-bond donors (Lipinski definition) is 0. The summed E-state index contributed by atoms with van der Waals surface area (Å²) in [6, 6.07) is 0. The van der Waals surface area contributed by atoms with E-state index in [1.54, 1.807) is 0 Å². The lowest BCUT2D eigenvalue weighted by Gasteiger charge is -2.28. The Morgan fingerprint density at radius 1 is 0.372 bits per heavy atom. The normalized spacial score (nSPS) is 13.5. The van der Waals surface area contributed by atoms with Crippen LogP contribution in [0.15, 0.2) is 72.9 Å². The number of hydrogen-bond acceptors (Lipinski definition) is 8. The van der Waals surface area contributed by atoms with Gasteiger partial charge in [0.05, 0.1) is 27.7 Å². The fourth-order valence-electron chi connectivity index (χ4n) is 10.6. The second-order valence-electron chi connectivity index (χ2n) is 25.9. The lowest BCUT2D eigenvalue weighted by Crippen LogP contribution is -2.37. The standard InChI is InChI=1S/C76H140NO8P/c1-6-8-10-12-14-16-18-20-22-24-26-28-30-32-34-36-37-38-39-41-43-45-47-49-51-53-55-57-59-61-63-65-67-69-76(79)85-74(73-84-86(80,81)83-71-70-77(3,4)5)72-82-75(78)68-66-64-62-60-58-56-54-52-50-48-46-44-42-40-35-33-31-29-27-25-23-21-19-17-15-13-11-9-7-2/h8,10,14,16,20,22,25-28,32,34,74H,6-7,9,11-13,15,17-19,21,23-24,29-31,33,35-73H2,1-5H3/b10-8-,16-14-,22-20-,27-25-,28-26-,34-32-. The Balaban J connectivity index is 3.99. The van der Waals surface area contributed by atoms with Gasteiger partial charge in [-0.15, -0.1) is 0 Å². The summed E-state index contributed by atoms with van der Waals surface area (Å²) >= 11 is 0. The first kappa shape index (κ1) is 83.5. The van der Waals surface area contributed by atoms with Crippen LogP contribution in [0, 0.1) is 0 Å². The molecular formula is C76H140NO8P. The van der Waals surface area contributed by atoms with E-state index in [1.165, 1.54) is 244 Å². The van der Waals surface area contributed by atoms with Crippen molar-refractivity contribution in [1.29, 1.82) is 0 Å². The van der Waals surface area contributed by atoms with Gasteiger partial charge in [0.2, 0.25) is 0 Å². The summed E-state index contributed by atoms with van der Waals surface area (Å²) in [6.45, 7) is 4.18. The van der Waals surface area contributed by atoms with Crippen molar-refractivity contribution in [2.75, 3.05) is 47.5 Å². The molecule has 0 radical (unpaired) electrons. The van der Waals surface area contributed by atoms with Gasteiger partial charge in [-0.2, -0.15) is 0 Å². The minimum atomic E-state index is -4.64. The van der Waals surface area contributed by atoms with Crippen molar-refractivity contribution in [2.45, 2.75) is 354 Å². The van der Waals surface area contributed by atoms with Gasteiger partial charge in [-0.25, -0.2) is 0 Å². The van der Waals surface area contributed by atoms with Gasteiger partial charge in [-0.3, -0.25) is 14.2 Å². The third-order valence-corrected chi connectivity index (χ3v) is 17.2. The molecule has 0 amide bonds. The second kappa shape index (κ2) is 66.9. The van der Waals surface area contributed by atoms with Gasteiger partial charge in [-0.05, 0) is 83.5 Å². The molecule has 0 aliphatic carbocycles. The Labute approximate surface area is 533 Å². The number of unbranched alkanes of at least 4 members (excludes halogenated alkanes) is 42. The third-order valence-electron chi connectivity index (χ3n) is 16.2. The molecule has 9 nitrogen and oxygen atoms in total. The highest BCUT2D eigenvalue weighted by atomic mass is 31.2. The van der Waals surface area contributed by atoms with E-state index in [0.717, 1.165) is 70.6 Å². The van der Waals surface area contributed by atoms with Gasteiger partial charge < -0.3 is 27.9 Å². The molecule has 0 aromatic carbocycles. The van der Waals surface area contributed by atoms with Gasteiger partial charge in [0.1, 0.15) is 19.8 Å². The number of phosphoric ester groups is 1. The second-order valence-corrected chi connectivity index (χ2v) is 27.3. The summed E-state index contributed by atoms with van der Waals surface area (Å²) in [5.41, 5.74) is 0. The molecule has 0 saturated carbocycles. The average molecular weight is 1230 g/mol. The smallest absolute Gasteiger partial charge is 0.306 e. The predicted octanol–water partition coefficient (Wildman–Crippen LogP) is 23.3. The molecule has 0 aromatic heterocycles. The number of likely N-dealkylation sites (N-methyl/N-ethyl adjacent to an activating group) is 1. The van der Waals surface area contributed by atoms with Crippen LogP contribution in [0.5, 0.6) is 0 Å². The number of carbonyl (C=O) groups is 2. The molecule has 2 unspecified atom stereocenters. The van der Waals surface area contributed by atoms with Crippen LogP contribution in [0.25, 0.3) is 0 Å². The zero-order valence-electron chi connectivity index (χ0n) is 57.3. The van der Waals surface area contributed by atoms with Gasteiger partial charge >= 0.3 is 11.9 Å². The quantitative estimate of drug-likeness (QED) is 0.0195. The van der Waals surface area contributed by atoms with E-state index in [2.05, 4.69) is 86.8 Å². The van der Waals surface area contributed by atoms with Gasteiger partial charge in [0.15, 0.2) is 6.10 Å². The first-order chi connectivity index (χ1) is 42.0. The van der Waals surface area contributed by atoms with Crippen LogP contribution in [-0.2, 0) is 32.7 Å². The van der Waals surface area contributed by atoms with E-state index >= 15 is 0 Å². The van der Waals surface area contributed by atoms with Crippen molar-refractivity contribution in [3.63, 3.8) is 0 Å². The average Bonchev–Trinajstić information content (AvgIpc) is 3.70. The monoisotopic (exact) mass is 1230 g/mol. The molecule has 0 rings (SSSR count). The van der Waals surface area contributed by atoms with E-state index in [4.69, 9.17) is 18.5 Å². The Bertz CT molecular complexity index is 1680. The summed E-state index contributed by atoms with van der Waals surface area (Å²) < 4.78 is 34.4. The largest absolute Gasteiger partial charge is 0.756 e. The van der Waals surface area contributed by atoms with Crippen LogP contribution in [0.1, 0.15) is 348 Å². The van der Waals surface area contributed by atoms with Crippen molar-refractivity contribution >= 4 is 19.8 Å². The summed E-state index contributed by atoms with van der Waals surface area (Å²) in [5.74, 6) is -0.817. The minimum Gasteiger partial charge on any atom is -0.756 e. The number of quaternary nitrogens is 1. The Morgan fingerprint density at radius 2 is 0.663 bits per heavy atom. The Hall–Kier alpha value is -2.55. The summed E-state index contributed by atoms with van der Waals surface area (Å²) in [7, 11) is 1.18. The molecule has 502 valence electrons. The number of rotatable bonds is 68. The number of esters is 2. The van der Waals surface area contributed by atoms with Crippen molar-refractivity contribution in [1.82, 2.24) is 0 Å². The molecule has 2 atom stereocenters. The molecular weight excluding hydrogens is 1090 g/mol. The van der Waals surface area contributed by atoms with E-state index in [0.29, 0.717) is 17.4 Å². The maximum Gasteiger partial charge on any atom is 0.306 e. The van der Waals surface area contributed by atoms with Crippen LogP contribution in [0.3, 0.4) is 0 Å². The number of nitrogens with zero attached hydrogens (tertiary/aromatic N) is 1. The SMILES string of the molecule is CC/C=C\C/C=C\C/C=C\C/C=C\C/C=C\CCCCCCCCCCCCCCCCCCCC(=O)OC(COC(=O)CCCCCCCCCCCCCCCCCCC/C=C\CCCCCCCCCC)COP(=O)([O-])OCC[N+](C)(C)C. The number of ether oxygens (including phenoxy) is 2. The molecule has 0 heterocycles. The highest BCUT2D eigenvalue weighted by Crippen LogP contribution is 2.38. The highest BCUT2D eigenvalue weighted by Gasteiger charge is 2.22. The zero-order chi connectivity index (χ0) is 62.6. The van der Waals surface area contributed by atoms with E-state index in [9.17, 15) is 19.0 Å². The summed E-state index contributed by atoms with van der Waals surface area (Å²) in [4.78, 5) is 38.1. The van der Waals surface area contributed by atoms with Crippen molar-refractivity contribution < 1.29 is 42.1 Å². The molecule has 0 bridgehead atoms. The molecule has 0 spiro atoms. The molecule has 0 aliphatic heterocycles. The van der Waals surface area contributed by atoms with Crippen LogP contribution in [0.4, 0.5) is 0 Å². The minimum absolute atomic E-state index is 0.0302. The van der Waals surface area contributed by atoms with Gasteiger partial charge in [0.25, 0.3) is 7.82 Å².